The number of thiocarbonyl (C=S) groups is 1. The van der Waals surface area contributed by atoms with Crippen LogP contribution in [0.1, 0.15) is 31.4 Å². The Labute approximate surface area is 194 Å². The second-order valence-corrected chi connectivity index (χ2v) is 8.88. The molecule has 170 valence electrons. The Morgan fingerprint density at radius 1 is 1.09 bits per heavy atom. The molecule has 0 radical (unpaired) electrons. The summed E-state index contributed by atoms with van der Waals surface area (Å²) in [5.41, 5.74) is 1.64. The lowest BCUT2D eigenvalue weighted by molar-refractivity contribution is -0.129. The van der Waals surface area contributed by atoms with Gasteiger partial charge < -0.3 is 15.5 Å². The first-order valence-corrected chi connectivity index (χ1v) is 11.7. The lowest BCUT2D eigenvalue weighted by Crippen LogP contribution is -2.58. The average Bonchev–Trinajstić information content (AvgIpc) is 3.35. The molecule has 0 unspecified atom stereocenters. The Bertz CT molecular complexity index is 896. The molecule has 1 aliphatic carbocycles. The van der Waals surface area contributed by atoms with Crippen molar-refractivity contribution in [1.29, 1.82) is 0 Å². The fourth-order valence-corrected chi connectivity index (χ4v) is 4.98. The second-order valence-electron chi connectivity index (χ2n) is 8.49. The van der Waals surface area contributed by atoms with Gasteiger partial charge in [-0.05, 0) is 67.4 Å². The zero-order chi connectivity index (χ0) is 22.3. The monoisotopic (exact) mass is 455 g/mol. The van der Waals surface area contributed by atoms with Crippen LogP contribution >= 0.6 is 12.2 Å². The van der Waals surface area contributed by atoms with E-state index in [1.165, 1.54) is 25.0 Å². The van der Waals surface area contributed by atoms with Gasteiger partial charge in [-0.3, -0.25) is 14.7 Å². The molecule has 1 aliphatic heterocycles. The van der Waals surface area contributed by atoms with Crippen LogP contribution in [0.4, 0.5) is 10.1 Å². The van der Waals surface area contributed by atoms with E-state index in [0.717, 1.165) is 50.4 Å². The van der Waals surface area contributed by atoms with Gasteiger partial charge in [0.1, 0.15) is 5.82 Å². The van der Waals surface area contributed by atoms with Crippen LogP contribution in [0.15, 0.2) is 48.7 Å². The lowest BCUT2D eigenvalue weighted by Gasteiger charge is -2.41. The van der Waals surface area contributed by atoms with Gasteiger partial charge in [0.2, 0.25) is 5.91 Å². The number of carbonyl (C=O) groups is 1. The summed E-state index contributed by atoms with van der Waals surface area (Å²) in [6, 6.07) is 11.8. The number of benzene rings is 1. The summed E-state index contributed by atoms with van der Waals surface area (Å²) in [5.74, 6) is 0.229. The molecule has 2 N–H and O–H groups in total. The molecule has 0 spiro atoms. The highest BCUT2D eigenvalue weighted by molar-refractivity contribution is 7.80. The standard InChI is InChI=1S/C24H30FN5OS/c25-19-8-10-20(11-9-19)28-24(32)30-15-13-29(14-16-30)22(18-5-1-2-6-18)23(31)27-17-21-7-3-4-12-26-21/h3-4,7-12,18,22H,1-2,5-6,13-17H2,(H,27,31)(H,28,32)/t22-/m0/s1. The minimum absolute atomic E-state index is 0.100. The molecule has 1 saturated carbocycles. The quantitative estimate of drug-likeness (QED) is 0.651. The highest BCUT2D eigenvalue weighted by Crippen LogP contribution is 2.31. The molecular weight excluding hydrogens is 425 g/mol. The zero-order valence-electron chi connectivity index (χ0n) is 18.2. The maximum atomic E-state index is 13.2. The van der Waals surface area contributed by atoms with E-state index in [1.54, 1.807) is 18.3 Å². The van der Waals surface area contributed by atoms with Crippen molar-refractivity contribution >= 4 is 28.9 Å². The number of hydrogen-bond acceptors (Lipinski definition) is 4. The van der Waals surface area contributed by atoms with E-state index in [0.29, 0.717) is 17.6 Å². The largest absolute Gasteiger partial charge is 0.349 e. The van der Waals surface area contributed by atoms with Crippen molar-refractivity contribution in [1.82, 2.24) is 20.1 Å². The topological polar surface area (TPSA) is 60.5 Å². The summed E-state index contributed by atoms with van der Waals surface area (Å²) in [7, 11) is 0. The molecule has 1 saturated heterocycles. The molecule has 2 aliphatic rings. The molecule has 1 aromatic carbocycles. The zero-order valence-corrected chi connectivity index (χ0v) is 19.0. The first kappa shape index (κ1) is 22.6. The minimum atomic E-state index is -0.269. The summed E-state index contributed by atoms with van der Waals surface area (Å²) >= 11 is 5.56. The van der Waals surface area contributed by atoms with E-state index in [2.05, 4.69) is 25.4 Å². The predicted molar refractivity (Wildman–Crippen MR) is 128 cm³/mol. The second kappa shape index (κ2) is 10.8. The molecule has 1 amide bonds. The number of anilines is 1. The number of halogens is 1. The third-order valence-electron chi connectivity index (χ3n) is 6.38. The van der Waals surface area contributed by atoms with E-state index < -0.39 is 0 Å². The molecule has 6 nitrogen and oxygen atoms in total. The highest BCUT2D eigenvalue weighted by Gasteiger charge is 2.36. The van der Waals surface area contributed by atoms with E-state index in [4.69, 9.17) is 12.2 Å². The number of carbonyl (C=O) groups excluding carboxylic acids is 1. The Kier molecular flexibility index (Phi) is 7.65. The SMILES string of the molecule is O=C(NCc1ccccn1)[C@H](C1CCCC1)N1CCN(C(=S)Nc2ccc(F)cc2)CC1. The fourth-order valence-electron chi connectivity index (χ4n) is 4.68. The van der Waals surface area contributed by atoms with Crippen molar-refractivity contribution in [2.75, 3.05) is 31.5 Å². The normalized spacial score (nSPS) is 18.3. The average molecular weight is 456 g/mol. The third kappa shape index (κ3) is 5.81. The van der Waals surface area contributed by atoms with E-state index in [1.807, 2.05) is 18.2 Å². The van der Waals surface area contributed by atoms with E-state index in [-0.39, 0.29) is 17.8 Å². The molecule has 1 atom stereocenters. The minimum Gasteiger partial charge on any atom is -0.349 e. The van der Waals surface area contributed by atoms with Crippen molar-refractivity contribution in [3.8, 4) is 0 Å². The van der Waals surface area contributed by atoms with Gasteiger partial charge in [-0.2, -0.15) is 0 Å². The Morgan fingerprint density at radius 3 is 2.47 bits per heavy atom. The van der Waals surface area contributed by atoms with Gasteiger partial charge in [0.25, 0.3) is 0 Å². The Morgan fingerprint density at radius 2 is 1.81 bits per heavy atom. The summed E-state index contributed by atoms with van der Waals surface area (Å²) in [4.78, 5) is 22.0. The van der Waals surface area contributed by atoms with Gasteiger partial charge in [-0.1, -0.05) is 18.9 Å². The summed E-state index contributed by atoms with van der Waals surface area (Å²) in [6.45, 7) is 3.52. The van der Waals surface area contributed by atoms with Crippen molar-refractivity contribution in [3.05, 3.63) is 60.2 Å². The van der Waals surface area contributed by atoms with Crippen LogP contribution < -0.4 is 10.6 Å². The molecule has 1 aromatic heterocycles. The molecule has 8 heteroatoms. The van der Waals surface area contributed by atoms with Crippen molar-refractivity contribution < 1.29 is 9.18 Å². The summed E-state index contributed by atoms with van der Waals surface area (Å²) in [5, 5.41) is 6.94. The lowest BCUT2D eigenvalue weighted by atomic mass is 9.95. The number of amides is 1. The number of nitrogens with one attached hydrogen (secondary N) is 2. The van der Waals surface area contributed by atoms with Gasteiger partial charge in [0.05, 0.1) is 18.3 Å². The Balaban J connectivity index is 1.34. The van der Waals surface area contributed by atoms with Gasteiger partial charge in [-0.25, -0.2) is 4.39 Å². The van der Waals surface area contributed by atoms with Crippen LogP contribution in [0.2, 0.25) is 0 Å². The van der Waals surface area contributed by atoms with Gasteiger partial charge >= 0.3 is 0 Å². The number of rotatable bonds is 6. The molecule has 2 fully saturated rings. The summed E-state index contributed by atoms with van der Waals surface area (Å²) in [6.07, 6.45) is 6.34. The smallest absolute Gasteiger partial charge is 0.237 e. The number of pyridine rings is 1. The number of nitrogens with zero attached hydrogens (tertiary/aromatic N) is 3. The van der Waals surface area contributed by atoms with Crippen LogP contribution in [0, 0.1) is 11.7 Å². The van der Waals surface area contributed by atoms with Gasteiger partial charge in [0.15, 0.2) is 5.11 Å². The molecule has 4 rings (SSSR count). The number of piperazine rings is 1. The van der Waals surface area contributed by atoms with Crippen LogP contribution in [0.3, 0.4) is 0 Å². The maximum absolute atomic E-state index is 13.2. The van der Waals surface area contributed by atoms with Crippen molar-refractivity contribution in [3.63, 3.8) is 0 Å². The third-order valence-corrected chi connectivity index (χ3v) is 6.74. The first-order chi connectivity index (χ1) is 15.6. The molecular formula is C24H30FN5OS. The van der Waals surface area contributed by atoms with Crippen LogP contribution in [0.5, 0.6) is 0 Å². The fraction of sp³-hybridized carbons (Fsp3) is 0.458. The molecule has 32 heavy (non-hydrogen) atoms. The highest BCUT2D eigenvalue weighted by atomic mass is 32.1. The van der Waals surface area contributed by atoms with Crippen molar-refractivity contribution in [2.45, 2.75) is 38.3 Å². The van der Waals surface area contributed by atoms with Gasteiger partial charge in [-0.15, -0.1) is 0 Å². The van der Waals surface area contributed by atoms with Gasteiger partial charge in [0, 0.05) is 38.1 Å². The predicted octanol–water partition coefficient (Wildman–Crippen LogP) is 3.41. The van der Waals surface area contributed by atoms with E-state index in [9.17, 15) is 9.18 Å². The Hall–Kier alpha value is -2.58. The number of aromatic nitrogens is 1. The maximum Gasteiger partial charge on any atom is 0.237 e. The van der Waals surface area contributed by atoms with Crippen LogP contribution in [0.25, 0.3) is 0 Å². The van der Waals surface area contributed by atoms with E-state index >= 15 is 0 Å². The molecule has 2 heterocycles. The first-order valence-electron chi connectivity index (χ1n) is 11.3. The van der Waals surface area contributed by atoms with Crippen LogP contribution in [-0.2, 0) is 11.3 Å². The van der Waals surface area contributed by atoms with Crippen LogP contribution in [-0.4, -0.2) is 58.0 Å². The summed E-state index contributed by atoms with van der Waals surface area (Å²) < 4.78 is 13.1. The van der Waals surface area contributed by atoms with Crippen molar-refractivity contribution in [2.24, 2.45) is 5.92 Å². The molecule has 0 bridgehead atoms. The number of hydrogen-bond donors (Lipinski definition) is 2. The molecule has 2 aromatic rings.